The molecule has 2 atom stereocenters. The van der Waals surface area contributed by atoms with Crippen LogP contribution in [0.4, 0.5) is 5.69 Å². The first kappa shape index (κ1) is 45.3. The zero-order valence-corrected chi connectivity index (χ0v) is 44.1. The topological polar surface area (TPSA) is 38.0 Å². The fraction of sp³-hybridized carbons (Fsp3) is 0.132. The number of fused-ring (bicyclic) bond motifs is 10. The molecule has 4 bridgehead atoms. The Balaban J connectivity index is 0.869. The number of nitriles is 1. The molecule has 376 valence electrons. The second kappa shape index (κ2) is 16.4. The van der Waals surface area contributed by atoms with Gasteiger partial charge in [-0.3, -0.25) is 0 Å². The second-order valence-electron chi connectivity index (χ2n) is 24.2. The Morgan fingerprint density at radius 2 is 0.625 bits per heavy atom. The molecule has 4 heteroatoms. The average Bonchev–Trinajstić information content (AvgIpc) is 1.71. The van der Waals surface area contributed by atoms with Gasteiger partial charge in [-0.2, -0.15) is 5.26 Å². The minimum Gasteiger partial charge on any atom is -0.309 e. The number of benzene rings is 12. The lowest BCUT2D eigenvalue weighted by molar-refractivity contribution is -0.0690. The predicted molar refractivity (Wildman–Crippen MR) is 330 cm³/mol. The number of rotatable bonds is 6. The third kappa shape index (κ3) is 6.48. The van der Waals surface area contributed by atoms with Crippen LogP contribution in [-0.4, -0.2) is 9.13 Å². The Hall–Kier alpha value is -9.74. The van der Waals surface area contributed by atoms with Crippen LogP contribution < -0.4 is 0 Å². The molecule has 0 spiro atoms. The van der Waals surface area contributed by atoms with E-state index in [0.717, 1.165) is 49.3 Å². The largest absolute Gasteiger partial charge is 0.309 e. The molecule has 2 heterocycles. The van der Waals surface area contributed by atoms with E-state index < -0.39 is 0 Å². The SMILES string of the molecule is [C-]#[N+]c1ccc2cc(C34CC5(c6ccc7cc(C#N)ccc7c6)CC(c6ccc7cc(-n8c9ccccc9c9ccccc98)ccc7c6)(C3)CC(c3ccc6cc(-n7c8ccccc8c8ccccc87)ccc6c3)(C5)C4)ccc2c1. The van der Waals surface area contributed by atoms with Crippen LogP contribution in [0.5, 0.6) is 0 Å². The Morgan fingerprint density at radius 1 is 0.325 bits per heavy atom. The maximum atomic E-state index is 9.94. The first-order valence-electron chi connectivity index (χ1n) is 28.2. The molecule has 4 fully saturated rings. The van der Waals surface area contributed by atoms with Crippen LogP contribution in [0.2, 0.25) is 0 Å². The fourth-order valence-electron chi connectivity index (χ4n) is 16.9. The monoisotopic (exact) mass is 1020 g/mol. The van der Waals surface area contributed by atoms with Gasteiger partial charge in [-0.25, -0.2) is 4.85 Å². The summed E-state index contributed by atoms with van der Waals surface area (Å²) in [4.78, 5) is 3.82. The van der Waals surface area contributed by atoms with Crippen molar-refractivity contribution in [2.24, 2.45) is 0 Å². The van der Waals surface area contributed by atoms with Crippen LogP contribution in [0.3, 0.4) is 0 Å². The van der Waals surface area contributed by atoms with Crippen molar-refractivity contribution in [3.05, 3.63) is 282 Å². The molecule has 2 aromatic heterocycles. The quantitative estimate of drug-likeness (QED) is 0.153. The minimum atomic E-state index is -0.176. The van der Waals surface area contributed by atoms with Crippen molar-refractivity contribution < 1.29 is 0 Å². The zero-order chi connectivity index (χ0) is 53.0. The van der Waals surface area contributed by atoms with Crippen LogP contribution in [-0.2, 0) is 21.7 Å². The van der Waals surface area contributed by atoms with E-state index in [9.17, 15) is 5.26 Å². The summed E-state index contributed by atoms with van der Waals surface area (Å²) in [6.07, 6.45) is 6.30. The smallest absolute Gasteiger partial charge is 0.187 e. The normalized spacial score (nSPS) is 21.4. The van der Waals surface area contributed by atoms with Gasteiger partial charge in [0.1, 0.15) is 0 Å². The molecule has 4 nitrogen and oxygen atoms in total. The molecule has 0 aliphatic heterocycles. The highest BCUT2D eigenvalue weighted by molar-refractivity contribution is 6.10. The highest BCUT2D eigenvalue weighted by Crippen LogP contribution is 2.75. The average molecular weight is 1020 g/mol. The molecular weight excluding hydrogens is 969 g/mol. The van der Waals surface area contributed by atoms with Gasteiger partial charge in [0.2, 0.25) is 0 Å². The molecule has 0 N–H and O–H groups in total. The minimum absolute atomic E-state index is 0.174. The van der Waals surface area contributed by atoms with Gasteiger partial charge in [0.05, 0.1) is 40.3 Å². The Morgan fingerprint density at radius 3 is 0.988 bits per heavy atom. The van der Waals surface area contributed by atoms with Crippen LogP contribution in [0.1, 0.15) is 66.3 Å². The lowest BCUT2D eigenvalue weighted by Gasteiger charge is -2.71. The summed E-state index contributed by atoms with van der Waals surface area (Å²) in [5, 5.41) is 24.6. The predicted octanol–water partition coefficient (Wildman–Crippen LogP) is 19.3. The highest BCUT2D eigenvalue weighted by atomic mass is 15.0. The molecule has 4 saturated carbocycles. The van der Waals surface area contributed by atoms with E-state index in [1.165, 1.54) is 110 Å². The lowest BCUT2D eigenvalue weighted by atomic mass is 9.32. The van der Waals surface area contributed by atoms with Gasteiger partial charge in [0.25, 0.3) is 0 Å². The van der Waals surface area contributed by atoms with E-state index in [-0.39, 0.29) is 21.7 Å². The van der Waals surface area contributed by atoms with Gasteiger partial charge < -0.3 is 9.13 Å². The summed E-state index contributed by atoms with van der Waals surface area (Å²) >= 11 is 0. The third-order valence-corrected chi connectivity index (χ3v) is 19.8. The third-order valence-electron chi connectivity index (χ3n) is 19.8. The van der Waals surface area contributed by atoms with Crippen molar-refractivity contribution in [1.82, 2.24) is 9.13 Å². The summed E-state index contributed by atoms with van der Waals surface area (Å²) in [5.74, 6) is 0. The summed E-state index contributed by atoms with van der Waals surface area (Å²) in [6.45, 7) is 7.83. The molecule has 2 unspecified atom stereocenters. The molecule has 4 aliphatic carbocycles. The summed E-state index contributed by atoms with van der Waals surface area (Å²) in [7, 11) is 0. The van der Waals surface area contributed by atoms with Crippen molar-refractivity contribution in [3.63, 3.8) is 0 Å². The fourth-order valence-corrected chi connectivity index (χ4v) is 16.9. The summed E-state index contributed by atoms with van der Waals surface area (Å²) in [5.41, 5.74) is 13.6. The highest BCUT2D eigenvalue weighted by Gasteiger charge is 2.69. The molecular formula is C76H52N4. The van der Waals surface area contributed by atoms with Gasteiger partial charge >= 0.3 is 0 Å². The van der Waals surface area contributed by atoms with Gasteiger partial charge in [-0.05, 0) is 192 Å². The second-order valence-corrected chi connectivity index (χ2v) is 24.2. The van der Waals surface area contributed by atoms with Crippen molar-refractivity contribution in [1.29, 1.82) is 5.26 Å². The molecule has 12 aromatic carbocycles. The van der Waals surface area contributed by atoms with Gasteiger partial charge in [-0.15, -0.1) is 0 Å². The number of para-hydroxylation sites is 4. The molecule has 0 amide bonds. The summed E-state index contributed by atoms with van der Waals surface area (Å²) in [6, 6.07) is 93.5. The zero-order valence-electron chi connectivity index (χ0n) is 44.1. The maximum absolute atomic E-state index is 9.94. The maximum Gasteiger partial charge on any atom is 0.187 e. The molecule has 14 aromatic rings. The van der Waals surface area contributed by atoms with E-state index >= 15 is 0 Å². The Bertz CT molecular complexity index is 4650. The standard InChI is InChI=1S/C76H52N4/c1-78-62-31-24-52-36-59(28-21-55(52)39-62)74-43-73(58-27-20-50-34-49(42-77)18-19-51(50)35-58)44-75(46-74,60-29-22-56-40-63(32-25-53(56)37-60)79-69-14-6-2-10-65(69)66-11-3-7-15-70(66)79)48-76(45-73,47-74)61-30-23-57-41-64(33-26-54(57)38-61)80-71-16-8-4-12-67(71)68-13-5-9-17-72(68)80/h2-41H,43-48H2. The van der Waals surface area contributed by atoms with Crippen LogP contribution in [0.15, 0.2) is 243 Å². The van der Waals surface area contributed by atoms with Crippen molar-refractivity contribution in [3.8, 4) is 17.4 Å². The van der Waals surface area contributed by atoms with Gasteiger partial charge in [-0.1, -0.05) is 176 Å². The molecule has 18 rings (SSSR count). The van der Waals surface area contributed by atoms with Crippen LogP contribution in [0.25, 0.3) is 103 Å². The van der Waals surface area contributed by atoms with Crippen LogP contribution in [0, 0.1) is 17.9 Å². The number of aromatic nitrogens is 2. The number of hydrogen-bond acceptors (Lipinski definition) is 1. The van der Waals surface area contributed by atoms with E-state index in [2.05, 4.69) is 238 Å². The first-order valence-corrected chi connectivity index (χ1v) is 28.2. The van der Waals surface area contributed by atoms with Crippen molar-refractivity contribution in [2.75, 3.05) is 0 Å². The molecule has 80 heavy (non-hydrogen) atoms. The van der Waals surface area contributed by atoms with E-state index in [1.54, 1.807) is 0 Å². The molecule has 4 aliphatic rings. The van der Waals surface area contributed by atoms with Crippen molar-refractivity contribution in [2.45, 2.75) is 60.2 Å². The molecule has 0 saturated heterocycles. The number of nitrogens with zero attached hydrogens (tertiary/aromatic N) is 4. The van der Waals surface area contributed by atoms with Gasteiger partial charge in [0.15, 0.2) is 5.69 Å². The lowest BCUT2D eigenvalue weighted by Crippen LogP contribution is -2.67. The van der Waals surface area contributed by atoms with Crippen molar-refractivity contribution >= 4 is 92.4 Å². The summed E-state index contributed by atoms with van der Waals surface area (Å²) < 4.78 is 4.86. The van der Waals surface area contributed by atoms with E-state index in [0.29, 0.717) is 11.3 Å². The van der Waals surface area contributed by atoms with E-state index in [1.807, 2.05) is 24.3 Å². The van der Waals surface area contributed by atoms with Crippen LogP contribution >= 0.6 is 0 Å². The Kier molecular flexibility index (Phi) is 9.29. The molecule has 0 radical (unpaired) electrons. The van der Waals surface area contributed by atoms with E-state index in [4.69, 9.17) is 6.57 Å². The van der Waals surface area contributed by atoms with Gasteiger partial charge in [0, 0.05) is 32.9 Å². The Labute approximate surface area is 463 Å². The number of hydrogen-bond donors (Lipinski definition) is 0. The first-order chi connectivity index (χ1) is 39.3.